The molecule has 0 bridgehead atoms. The summed E-state index contributed by atoms with van der Waals surface area (Å²) in [4.78, 5) is -0.392. The van der Waals surface area contributed by atoms with Gasteiger partial charge in [-0.3, -0.25) is 0 Å². The van der Waals surface area contributed by atoms with Crippen LogP contribution < -0.4 is 0 Å². The molecule has 0 fully saturated rings. The summed E-state index contributed by atoms with van der Waals surface area (Å²) in [6.45, 7) is 3.04. The monoisotopic (exact) mass is 261 g/mol. The Morgan fingerprint density at radius 2 is 1.94 bits per heavy atom. The molecule has 3 nitrogen and oxygen atoms in total. The summed E-state index contributed by atoms with van der Waals surface area (Å²) >= 11 is 0. The summed E-state index contributed by atoms with van der Waals surface area (Å²) in [6.07, 6.45) is -4.69. The quantitative estimate of drug-likeness (QED) is 0.821. The molecule has 0 N–H and O–H groups in total. The van der Waals surface area contributed by atoms with Crippen molar-refractivity contribution in [2.75, 3.05) is 0 Å². The molecule has 1 aromatic rings. The van der Waals surface area contributed by atoms with Crippen LogP contribution in [-0.2, 0) is 16.0 Å². The molecule has 0 aliphatic carbocycles. The molecule has 0 spiro atoms. The van der Waals surface area contributed by atoms with Gasteiger partial charge in [0.25, 0.3) is 0 Å². The van der Waals surface area contributed by atoms with E-state index in [-0.39, 0.29) is 0 Å². The second kappa shape index (κ2) is 4.22. The van der Waals surface area contributed by atoms with E-state index in [4.69, 9.17) is 5.26 Å². The number of sulfone groups is 1. The summed E-state index contributed by atoms with van der Waals surface area (Å²) in [5.74, 6) is 0. The minimum Gasteiger partial charge on any atom is -0.219 e. The van der Waals surface area contributed by atoms with Gasteiger partial charge in [0.05, 0.1) is 22.1 Å². The van der Waals surface area contributed by atoms with E-state index in [9.17, 15) is 21.6 Å². The minimum atomic E-state index is -4.69. The van der Waals surface area contributed by atoms with E-state index in [1.165, 1.54) is 6.07 Å². The molecular formula is C10H6F3NO2S. The molecule has 1 aromatic carbocycles. The van der Waals surface area contributed by atoms with Crippen LogP contribution in [0.25, 0.3) is 0 Å². The zero-order valence-electron chi connectivity index (χ0n) is 8.32. The highest BCUT2D eigenvalue weighted by molar-refractivity contribution is 7.94. The molecule has 17 heavy (non-hydrogen) atoms. The fourth-order valence-corrected chi connectivity index (χ4v) is 1.87. The van der Waals surface area contributed by atoms with Crippen LogP contribution in [0.2, 0.25) is 0 Å². The maximum atomic E-state index is 12.4. The molecule has 7 heteroatoms. The number of halogens is 3. The van der Waals surface area contributed by atoms with E-state index >= 15 is 0 Å². The topological polar surface area (TPSA) is 57.9 Å². The Morgan fingerprint density at radius 3 is 2.35 bits per heavy atom. The lowest BCUT2D eigenvalue weighted by Gasteiger charge is -2.09. The third kappa shape index (κ3) is 2.65. The van der Waals surface area contributed by atoms with Crippen molar-refractivity contribution in [1.29, 1.82) is 5.26 Å². The van der Waals surface area contributed by atoms with E-state index in [0.29, 0.717) is 17.5 Å². The van der Waals surface area contributed by atoms with Crippen molar-refractivity contribution in [3.63, 3.8) is 0 Å². The smallest absolute Gasteiger partial charge is 0.219 e. The molecule has 0 saturated heterocycles. The Morgan fingerprint density at radius 1 is 1.35 bits per heavy atom. The van der Waals surface area contributed by atoms with Crippen molar-refractivity contribution in [2.24, 2.45) is 0 Å². The van der Waals surface area contributed by atoms with Crippen LogP contribution in [-0.4, -0.2) is 8.42 Å². The second-order valence-electron chi connectivity index (χ2n) is 3.03. The van der Waals surface area contributed by atoms with Gasteiger partial charge >= 0.3 is 6.18 Å². The highest BCUT2D eigenvalue weighted by Crippen LogP contribution is 2.32. The number of hydrogen-bond acceptors (Lipinski definition) is 3. The minimum absolute atomic E-state index is 0.392. The van der Waals surface area contributed by atoms with Gasteiger partial charge in [-0.2, -0.15) is 18.4 Å². The maximum absolute atomic E-state index is 12.4. The molecule has 0 saturated carbocycles. The van der Waals surface area contributed by atoms with Crippen LogP contribution in [0, 0.1) is 11.3 Å². The van der Waals surface area contributed by atoms with Gasteiger partial charge in [-0.1, -0.05) is 6.58 Å². The second-order valence-corrected chi connectivity index (χ2v) is 4.92. The van der Waals surface area contributed by atoms with Gasteiger partial charge < -0.3 is 0 Å². The number of alkyl halides is 3. The van der Waals surface area contributed by atoms with E-state index in [1.807, 2.05) is 0 Å². The molecule has 0 aliphatic rings. The Balaban J connectivity index is 3.50. The third-order valence-corrected chi connectivity index (χ3v) is 3.31. The highest BCUT2D eigenvalue weighted by atomic mass is 32.2. The molecule has 0 radical (unpaired) electrons. The van der Waals surface area contributed by atoms with E-state index in [1.54, 1.807) is 0 Å². The average molecular weight is 261 g/mol. The van der Waals surface area contributed by atoms with Gasteiger partial charge in [0.2, 0.25) is 0 Å². The van der Waals surface area contributed by atoms with Crippen molar-refractivity contribution in [1.82, 2.24) is 0 Å². The van der Waals surface area contributed by atoms with Gasteiger partial charge in [-0.05, 0) is 18.2 Å². The van der Waals surface area contributed by atoms with Crippen LogP contribution in [0.3, 0.4) is 0 Å². The van der Waals surface area contributed by atoms with Gasteiger partial charge in [0.15, 0.2) is 9.84 Å². The number of nitriles is 1. The lowest BCUT2D eigenvalue weighted by molar-refractivity contribution is -0.137. The normalized spacial score (nSPS) is 11.9. The Kier molecular flexibility index (Phi) is 3.29. The van der Waals surface area contributed by atoms with Crippen LogP contribution in [0.5, 0.6) is 0 Å². The van der Waals surface area contributed by atoms with Crippen molar-refractivity contribution in [3.05, 3.63) is 41.3 Å². The molecule has 0 amide bonds. The van der Waals surface area contributed by atoms with Crippen LogP contribution in [0.15, 0.2) is 35.1 Å². The summed E-state index contributed by atoms with van der Waals surface area (Å²) in [5.41, 5.74) is -1.90. The highest BCUT2D eigenvalue weighted by Gasteiger charge is 2.34. The first-order chi connectivity index (χ1) is 7.72. The molecule has 1 rings (SSSR count). The summed E-state index contributed by atoms with van der Waals surface area (Å²) < 4.78 is 59.9. The van der Waals surface area contributed by atoms with E-state index < -0.39 is 32.0 Å². The average Bonchev–Trinajstić information content (AvgIpc) is 2.27. The van der Waals surface area contributed by atoms with Gasteiger partial charge in [-0.25, -0.2) is 8.42 Å². The van der Waals surface area contributed by atoms with Gasteiger partial charge in [0, 0.05) is 5.41 Å². The number of hydrogen-bond donors (Lipinski definition) is 0. The van der Waals surface area contributed by atoms with Gasteiger partial charge in [-0.15, -0.1) is 0 Å². The Hall–Kier alpha value is -1.81. The van der Waals surface area contributed by atoms with Crippen molar-refractivity contribution < 1.29 is 21.6 Å². The SMILES string of the molecule is C=CS(=O)(=O)c1ccc(C(F)(F)F)c(C#N)c1. The third-order valence-electron chi connectivity index (χ3n) is 1.96. The summed E-state index contributed by atoms with van der Waals surface area (Å²) in [5, 5.41) is 9.18. The number of nitrogens with zero attached hydrogens (tertiary/aromatic N) is 1. The Bertz CT molecular complexity index is 597. The fraction of sp³-hybridized carbons (Fsp3) is 0.100. The van der Waals surface area contributed by atoms with Crippen molar-refractivity contribution in [2.45, 2.75) is 11.1 Å². The molecule has 0 heterocycles. The molecule has 0 unspecified atom stereocenters. The first-order valence-corrected chi connectivity index (χ1v) is 5.76. The van der Waals surface area contributed by atoms with Gasteiger partial charge in [0.1, 0.15) is 0 Å². The molecule has 90 valence electrons. The zero-order chi connectivity index (χ0) is 13.3. The zero-order valence-corrected chi connectivity index (χ0v) is 9.14. The largest absolute Gasteiger partial charge is 0.417 e. The van der Waals surface area contributed by atoms with Crippen molar-refractivity contribution >= 4 is 9.84 Å². The van der Waals surface area contributed by atoms with Crippen LogP contribution in [0.1, 0.15) is 11.1 Å². The first kappa shape index (κ1) is 13.3. The number of rotatable bonds is 2. The van der Waals surface area contributed by atoms with Crippen LogP contribution in [0.4, 0.5) is 13.2 Å². The van der Waals surface area contributed by atoms with Crippen molar-refractivity contribution in [3.8, 4) is 6.07 Å². The van der Waals surface area contributed by atoms with E-state index in [0.717, 1.165) is 6.07 Å². The molecule has 0 aromatic heterocycles. The summed E-state index contributed by atoms with van der Waals surface area (Å²) in [7, 11) is -3.85. The predicted molar refractivity (Wildman–Crippen MR) is 53.5 cm³/mol. The molecule has 0 aliphatic heterocycles. The summed E-state index contributed by atoms with van der Waals surface area (Å²) in [6, 6.07) is 3.36. The number of benzene rings is 1. The maximum Gasteiger partial charge on any atom is 0.417 e. The fourth-order valence-electron chi connectivity index (χ4n) is 1.14. The Labute approximate surface area is 95.7 Å². The lowest BCUT2D eigenvalue weighted by Crippen LogP contribution is -2.09. The lowest BCUT2D eigenvalue weighted by atomic mass is 10.1. The predicted octanol–water partition coefficient (Wildman–Crippen LogP) is 2.49. The van der Waals surface area contributed by atoms with Crippen LogP contribution >= 0.6 is 0 Å². The first-order valence-electron chi connectivity index (χ1n) is 4.21. The molecule has 0 atom stereocenters. The van der Waals surface area contributed by atoms with E-state index in [2.05, 4.69) is 6.58 Å². The standard InChI is InChI=1S/C10H6F3NO2S/c1-2-17(15,16)8-3-4-9(10(11,12)13)7(5-8)6-14/h2-5H,1H2. The molecular weight excluding hydrogens is 255 g/mol.